The van der Waals surface area contributed by atoms with Crippen molar-refractivity contribution in [3.8, 4) is 0 Å². The average molecular weight is 243 g/mol. The number of hydrogen-bond acceptors (Lipinski definition) is 2. The van der Waals surface area contributed by atoms with Gasteiger partial charge in [-0.2, -0.15) is 0 Å². The fourth-order valence-corrected chi connectivity index (χ4v) is 5.34. The van der Waals surface area contributed by atoms with E-state index in [1.807, 2.05) is 18.5 Å². The Bertz CT molecular complexity index is 486. The van der Waals surface area contributed by atoms with Crippen molar-refractivity contribution in [2.45, 2.75) is 44.6 Å². The van der Waals surface area contributed by atoms with Gasteiger partial charge >= 0.3 is 0 Å². The van der Waals surface area contributed by atoms with Crippen LogP contribution < -0.4 is 0 Å². The zero-order valence-electron chi connectivity index (χ0n) is 11.0. The van der Waals surface area contributed by atoms with E-state index in [1.165, 1.54) is 31.2 Å². The Morgan fingerprint density at radius 3 is 3.00 bits per heavy atom. The molecular weight excluding hydrogens is 222 g/mol. The van der Waals surface area contributed by atoms with Crippen LogP contribution in [0.4, 0.5) is 0 Å². The van der Waals surface area contributed by atoms with Gasteiger partial charge in [-0.3, -0.25) is 4.98 Å². The van der Waals surface area contributed by atoms with E-state index in [4.69, 9.17) is 0 Å². The summed E-state index contributed by atoms with van der Waals surface area (Å²) in [5, 5.41) is 11.2. The van der Waals surface area contributed by atoms with Crippen molar-refractivity contribution in [1.82, 2.24) is 4.98 Å². The first kappa shape index (κ1) is 11.0. The molecule has 1 N–H and O–H groups in total. The van der Waals surface area contributed by atoms with Gasteiger partial charge in [-0.25, -0.2) is 0 Å². The lowest BCUT2D eigenvalue weighted by molar-refractivity contribution is -0.0519. The van der Waals surface area contributed by atoms with Crippen LogP contribution in [0.25, 0.3) is 0 Å². The molecule has 0 saturated heterocycles. The lowest BCUT2D eigenvalue weighted by Crippen LogP contribution is -2.39. The Balaban J connectivity index is 1.76. The number of rotatable bonds is 1. The van der Waals surface area contributed by atoms with E-state index < -0.39 is 5.60 Å². The van der Waals surface area contributed by atoms with Gasteiger partial charge in [-0.15, -0.1) is 0 Å². The van der Waals surface area contributed by atoms with Gasteiger partial charge in [0.25, 0.3) is 0 Å². The van der Waals surface area contributed by atoms with Crippen LogP contribution >= 0.6 is 0 Å². The highest BCUT2D eigenvalue weighted by atomic mass is 16.3. The fourth-order valence-electron chi connectivity index (χ4n) is 5.34. The summed E-state index contributed by atoms with van der Waals surface area (Å²) in [6.07, 6.45) is 10.1. The number of nitrogens with zero attached hydrogens (tertiary/aromatic N) is 1. The Hall–Kier alpha value is -0.890. The van der Waals surface area contributed by atoms with Gasteiger partial charge in [0.05, 0.1) is 5.60 Å². The minimum atomic E-state index is -0.575. The standard InChI is InChI=1S/C16H21NO/c1-10-5-6-17-9-15(10)16(18)8-11-7-14(16)13-4-2-3-12(11)13/h5-6,9,11-14,18H,2-4,7-8H2,1H3. The molecule has 96 valence electrons. The summed E-state index contributed by atoms with van der Waals surface area (Å²) in [6.45, 7) is 2.10. The summed E-state index contributed by atoms with van der Waals surface area (Å²) in [4.78, 5) is 4.24. The van der Waals surface area contributed by atoms with Gasteiger partial charge < -0.3 is 5.11 Å². The van der Waals surface area contributed by atoms with Crippen molar-refractivity contribution in [3.63, 3.8) is 0 Å². The van der Waals surface area contributed by atoms with E-state index in [0.29, 0.717) is 5.92 Å². The van der Waals surface area contributed by atoms with Crippen LogP contribution in [0.15, 0.2) is 18.5 Å². The number of aryl methyl sites for hydroxylation is 1. The Morgan fingerprint density at radius 2 is 2.17 bits per heavy atom. The molecule has 18 heavy (non-hydrogen) atoms. The van der Waals surface area contributed by atoms with E-state index in [2.05, 4.69) is 11.9 Å². The Labute approximate surface area is 108 Å². The zero-order chi connectivity index (χ0) is 12.3. The molecule has 2 bridgehead atoms. The van der Waals surface area contributed by atoms with Gasteiger partial charge in [0, 0.05) is 18.0 Å². The van der Waals surface area contributed by atoms with Gasteiger partial charge in [-0.1, -0.05) is 6.42 Å². The maximum atomic E-state index is 11.2. The van der Waals surface area contributed by atoms with E-state index >= 15 is 0 Å². The van der Waals surface area contributed by atoms with E-state index in [-0.39, 0.29) is 0 Å². The lowest BCUT2D eigenvalue weighted by Gasteiger charge is -2.39. The minimum absolute atomic E-state index is 0.498. The molecule has 3 fully saturated rings. The number of pyridine rings is 1. The second-order valence-electron chi connectivity index (χ2n) is 6.68. The highest BCUT2D eigenvalue weighted by molar-refractivity contribution is 5.32. The minimum Gasteiger partial charge on any atom is -0.385 e. The van der Waals surface area contributed by atoms with Crippen molar-refractivity contribution in [1.29, 1.82) is 0 Å². The first-order valence-corrected chi connectivity index (χ1v) is 7.33. The maximum Gasteiger partial charge on any atom is 0.0947 e. The summed E-state index contributed by atoms with van der Waals surface area (Å²) in [5.41, 5.74) is 1.73. The number of aliphatic hydroxyl groups is 1. The molecule has 1 aromatic heterocycles. The zero-order valence-corrected chi connectivity index (χ0v) is 11.0. The monoisotopic (exact) mass is 243 g/mol. The number of fused-ring (bicyclic) bond motifs is 5. The molecule has 0 aliphatic heterocycles. The van der Waals surface area contributed by atoms with Crippen molar-refractivity contribution < 1.29 is 5.11 Å². The van der Waals surface area contributed by atoms with Crippen LogP contribution in [-0.4, -0.2) is 10.1 Å². The van der Waals surface area contributed by atoms with Crippen LogP contribution in [0.1, 0.15) is 43.2 Å². The van der Waals surface area contributed by atoms with Gasteiger partial charge in [0.15, 0.2) is 0 Å². The highest BCUT2D eigenvalue weighted by Crippen LogP contribution is 2.65. The molecule has 1 heterocycles. The largest absolute Gasteiger partial charge is 0.385 e. The van der Waals surface area contributed by atoms with Crippen LogP contribution in [0.3, 0.4) is 0 Å². The lowest BCUT2D eigenvalue weighted by atomic mass is 9.69. The SMILES string of the molecule is Cc1ccncc1C1(O)CC2CC1C1CCCC21. The van der Waals surface area contributed by atoms with Crippen molar-refractivity contribution in [2.75, 3.05) is 0 Å². The van der Waals surface area contributed by atoms with E-state index in [9.17, 15) is 5.11 Å². The first-order chi connectivity index (χ1) is 8.70. The number of hydrogen-bond donors (Lipinski definition) is 1. The second-order valence-corrected chi connectivity index (χ2v) is 6.68. The third-order valence-electron chi connectivity index (χ3n) is 6.00. The topological polar surface area (TPSA) is 33.1 Å². The quantitative estimate of drug-likeness (QED) is 0.822. The van der Waals surface area contributed by atoms with Crippen molar-refractivity contribution >= 4 is 0 Å². The predicted molar refractivity (Wildman–Crippen MR) is 69.9 cm³/mol. The molecule has 0 spiro atoms. The number of aromatic nitrogens is 1. The molecule has 3 aliphatic carbocycles. The molecule has 0 radical (unpaired) electrons. The molecule has 3 aliphatic rings. The van der Waals surface area contributed by atoms with Crippen molar-refractivity contribution in [3.05, 3.63) is 29.6 Å². The third-order valence-corrected chi connectivity index (χ3v) is 6.00. The summed E-state index contributed by atoms with van der Waals surface area (Å²) in [5.74, 6) is 2.98. The summed E-state index contributed by atoms with van der Waals surface area (Å²) >= 11 is 0. The average Bonchev–Trinajstić information content (AvgIpc) is 2.99. The second kappa shape index (κ2) is 3.57. The predicted octanol–water partition coefficient (Wildman–Crippen LogP) is 3.03. The summed E-state index contributed by atoms with van der Waals surface area (Å²) < 4.78 is 0. The Kier molecular flexibility index (Phi) is 2.18. The molecule has 4 rings (SSSR count). The van der Waals surface area contributed by atoms with Crippen molar-refractivity contribution in [2.24, 2.45) is 23.7 Å². The van der Waals surface area contributed by atoms with Crippen LogP contribution in [0.2, 0.25) is 0 Å². The molecule has 5 atom stereocenters. The highest BCUT2D eigenvalue weighted by Gasteiger charge is 2.61. The third kappa shape index (κ3) is 1.25. The van der Waals surface area contributed by atoms with Gasteiger partial charge in [0.2, 0.25) is 0 Å². The molecule has 2 nitrogen and oxygen atoms in total. The fraction of sp³-hybridized carbons (Fsp3) is 0.688. The van der Waals surface area contributed by atoms with Crippen LogP contribution in [0, 0.1) is 30.6 Å². The molecule has 0 aromatic carbocycles. The first-order valence-electron chi connectivity index (χ1n) is 7.33. The molecule has 1 aromatic rings. The van der Waals surface area contributed by atoms with E-state index in [0.717, 1.165) is 29.7 Å². The summed E-state index contributed by atoms with van der Waals surface area (Å²) in [6, 6.07) is 2.03. The van der Waals surface area contributed by atoms with Crippen LogP contribution in [-0.2, 0) is 5.60 Å². The van der Waals surface area contributed by atoms with E-state index in [1.54, 1.807) is 0 Å². The summed E-state index contributed by atoms with van der Waals surface area (Å²) in [7, 11) is 0. The Morgan fingerprint density at radius 1 is 1.33 bits per heavy atom. The smallest absolute Gasteiger partial charge is 0.0947 e. The van der Waals surface area contributed by atoms with Gasteiger partial charge in [0.1, 0.15) is 0 Å². The van der Waals surface area contributed by atoms with Gasteiger partial charge in [-0.05, 0) is 67.9 Å². The molecule has 0 amide bonds. The molecular formula is C16H21NO. The normalized spacial score (nSPS) is 45.4. The molecule has 2 heteroatoms. The molecule has 3 saturated carbocycles. The molecule has 5 unspecified atom stereocenters. The van der Waals surface area contributed by atoms with Crippen LogP contribution in [0.5, 0.6) is 0 Å². The maximum absolute atomic E-state index is 11.2.